The first-order valence-electron chi connectivity index (χ1n) is 13.7. The van der Waals surface area contributed by atoms with Crippen LogP contribution in [0.25, 0.3) is 0 Å². The summed E-state index contributed by atoms with van der Waals surface area (Å²) in [6, 6.07) is -1.12. The lowest BCUT2D eigenvalue weighted by Gasteiger charge is -2.13. The number of carboxylic acid groups (broad SMARTS) is 2. The van der Waals surface area contributed by atoms with E-state index in [0.717, 1.165) is 19.3 Å². The number of carbonyl (C=O) groups is 3. The first-order valence-corrected chi connectivity index (χ1v) is 13.7. The van der Waals surface area contributed by atoms with Crippen LogP contribution in [0.15, 0.2) is 0 Å². The topological polar surface area (TPSA) is 104 Å². The lowest BCUT2D eigenvalue weighted by atomic mass is 10.0. The Hall–Kier alpha value is -1.59. The first-order chi connectivity index (χ1) is 16.0. The van der Waals surface area contributed by atoms with Gasteiger partial charge in [0.05, 0.1) is 0 Å². The summed E-state index contributed by atoms with van der Waals surface area (Å²) in [5, 5.41) is 20.1. The van der Waals surface area contributed by atoms with Gasteiger partial charge in [-0.15, -0.1) is 0 Å². The van der Waals surface area contributed by atoms with Crippen LogP contribution in [0.4, 0.5) is 0 Å². The second-order valence-electron chi connectivity index (χ2n) is 9.50. The van der Waals surface area contributed by atoms with Crippen LogP contribution in [0.1, 0.15) is 148 Å². The van der Waals surface area contributed by atoms with E-state index in [4.69, 9.17) is 10.2 Å². The molecule has 0 heterocycles. The molecule has 0 aromatic carbocycles. The van der Waals surface area contributed by atoms with Gasteiger partial charge in [0.1, 0.15) is 6.04 Å². The zero-order valence-electron chi connectivity index (χ0n) is 21.3. The fourth-order valence-corrected chi connectivity index (χ4v) is 4.16. The van der Waals surface area contributed by atoms with Gasteiger partial charge in [-0.2, -0.15) is 0 Å². The molecule has 6 nitrogen and oxygen atoms in total. The number of hydrogen-bond donors (Lipinski definition) is 3. The molecule has 0 fully saturated rings. The van der Waals surface area contributed by atoms with Crippen molar-refractivity contribution in [3.8, 4) is 0 Å². The summed E-state index contributed by atoms with van der Waals surface area (Å²) in [5.41, 5.74) is 0. The van der Waals surface area contributed by atoms with Gasteiger partial charge in [-0.3, -0.25) is 9.59 Å². The van der Waals surface area contributed by atoms with Gasteiger partial charge in [0, 0.05) is 12.8 Å². The molecule has 1 atom stereocenters. The van der Waals surface area contributed by atoms with Crippen LogP contribution in [0.5, 0.6) is 0 Å². The van der Waals surface area contributed by atoms with E-state index in [2.05, 4.69) is 12.2 Å². The summed E-state index contributed by atoms with van der Waals surface area (Å²) < 4.78 is 0. The molecule has 0 aliphatic heterocycles. The van der Waals surface area contributed by atoms with E-state index in [1.165, 1.54) is 103 Å². The molecule has 194 valence electrons. The number of hydrogen-bond acceptors (Lipinski definition) is 3. The van der Waals surface area contributed by atoms with Gasteiger partial charge in [0.2, 0.25) is 5.91 Å². The highest BCUT2D eigenvalue weighted by atomic mass is 16.4. The molecule has 0 unspecified atom stereocenters. The van der Waals surface area contributed by atoms with Crippen molar-refractivity contribution in [1.82, 2.24) is 5.32 Å². The summed E-state index contributed by atoms with van der Waals surface area (Å²) in [7, 11) is 0. The largest absolute Gasteiger partial charge is 0.481 e. The second kappa shape index (κ2) is 23.6. The quantitative estimate of drug-likeness (QED) is 0.122. The maximum Gasteiger partial charge on any atom is 0.326 e. The lowest BCUT2D eigenvalue weighted by molar-refractivity contribution is -0.143. The van der Waals surface area contributed by atoms with Crippen molar-refractivity contribution in [2.75, 3.05) is 0 Å². The molecular weight excluding hydrogens is 418 g/mol. The Kier molecular flexibility index (Phi) is 22.4. The first kappa shape index (κ1) is 31.4. The molecule has 0 aromatic heterocycles. The third-order valence-corrected chi connectivity index (χ3v) is 6.29. The van der Waals surface area contributed by atoms with E-state index in [1.54, 1.807) is 0 Å². The number of carboxylic acids is 2. The minimum atomic E-state index is -1.18. The van der Waals surface area contributed by atoms with Crippen molar-refractivity contribution in [2.24, 2.45) is 0 Å². The third-order valence-electron chi connectivity index (χ3n) is 6.29. The van der Waals surface area contributed by atoms with E-state index in [9.17, 15) is 14.4 Å². The van der Waals surface area contributed by atoms with Crippen LogP contribution in [0.3, 0.4) is 0 Å². The molecule has 1 amide bonds. The van der Waals surface area contributed by atoms with Crippen LogP contribution < -0.4 is 5.32 Å². The van der Waals surface area contributed by atoms with Crippen molar-refractivity contribution in [3.63, 3.8) is 0 Å². The van der Waals surface area contributed by atoms with E-state index >= 15 is 0 Å². The normalized spacial score (nSPS) is 11.9. The number of unbranched alkanes of at least 4 members (excludes halogenated alkanes) is 18. The van der Waals surface area contributed by atoms with Crippen molar-refractivity contribution >= 4 is 17.8 Å². The van der Waals surface area contributed by atoms with E-state index in [-0.39, 0.29) is 18.7 Å². The molecule has 0 saturated carbocycles. The van der Waals surface area contributed by atoms with Gasteiger partial charge < -0.3 is 15.5 Å². The Morgan fingerprint density at radius 2 is 0.939 bits per heavy atom. The summed E-state index contributed by atoms with van der Waals surface area (Å²) >= 11 is 0. The van der Waals surface area contributed by atoms with Crippen LogP contribution in [-0.2, 0) is 14.4 Å². The van der Waals surface area contributed by atoms with Gasteiger partial charge in [0.25, 0.3) is 0 Å². The molecule has 6 heteroatoms. The molecule has 3 N–H and O–H groups in total. The van der Waals surface area contributed by atoms with Crippen molar-refractivity contribution in [3.05, 3.63) is 0 Å². The Morgan fingerprint density at radius 1 is 0.576 bits per heavy atom. The average molecular weight is 470 g/mol. The summed E-state index contributed by atoms with van der Waals surface area (Å²) in [6.45, 7) is 2.27. The SMILES string of the molecule is CCCCCCCCCCCCCCCCCCCCCC(=O)N[C@@H](CCC(=O)O)C(=O)O. The predicted octanol–water partition coefficient (Wildman–Crippen LogP) is 7.24. The molecule has 0 rings (SSSR count). The zero-order chi connectivity index (χ0) is 24.6. The number of amides is 1. The summed E-state index contributed by atoms with van der Waals surface area (Å²) in [4.78, 5) is 33.5. The van der Waals surface area contributed by atoms with E-state index in [0.29, 0.717) is 6.42 Å². The zero-order valence-corrected chi connectivity index (χ0v) is 21.3. The Bertz CT molecular complexity index is 495. The highest BCUT2D eigenvalue weighted by Crippen LogP contribution is 2.15. The third kappa shape index (κ3) is 23.4. The minimum absolute atomic E-state index is 0.0877. The van der Waals surface area contributed by atoms with E-state index < -0.39 is 18.0 Å². The predicted molar refractivity (Wildman–Crippen MR) is 134 cm³/mol. The lowest BCUT2D eigenvalue weighted by Crippen LogP contribution is -2.41. The number of carbonyl (C=O) groups excluding carboxylic acids is 1. The van der Waals surface area contributed by atoms with Crippen molar-refractivity contribution < 1.29 is 24.6 Å². The molecule has 0 saturated heterocycles. The van der Waals surface area contributed by atoms with Gasteiger partial charge in [-0.1, -0.05) is 122 Å². The number of rotatable bonds is 25. The minimum Gasteiger partial charge on any atom is -0.481 e. The van der Waals surface area contributed by atoms with Crippen LogP contribution >= 0.6 is 0 Å². The molecule has 0 spiro atoms. The number of nitrogens with one attached hydrogen (secondary N) is 1. The van der Waals surface area contributed by atoms with Gasteiger partial charge >= 0.3 is 11.9 Å². The standard InChI is InChI=1S/C27H51NO5/c1-2-3-4-5-6-7-8-9-10-11-12-13-14-15-16-17-18-19-20-21-25(29)28-24(27(32)33)22-23-26(30)31/h24H,2-23H2,1H3,(H,28,29)(H,30,31)(H,32,33)/t24-/m0/s1. The monoisotopic (exact) mass is 469 g/mol. The van der Waals surface area contributed by atoms with Gasteiger partial charge in [-0.25, -0.2) is 4.79 Å². The summed E-state index contributed by atoms with van der Waals surface area (Å²) in [5.74, 6) is -2.55. The molecule has 33 heavy (non-hydrogen) atoms. The molecule has 0 aromatic rings. The van der Waals surface area contributed by atoms with Crippen molar-refractivity contribution in [1.29, 1.82) is 0 Å². The Labute approximate surface area is 202 Å². The molecule has 0 radical (unpaired) electrons. The van der Waals surface area contributed by atoms with Gasteiger partial charge in [-0.05, 0) is 12.8 Å². The number of aliphatic carboxylic acids is 2. The Balaban J connectivity index is 3.37. The molecule has 0 bridgehead atoms. The fourth-order valence-electron chi connectivity index (χ4n) is 4.16. The molecule has 0 aliphatic rings. The molecular formula is C27H51NO5. The van der Waals surface area contributed by atoms with Crippen LogP contribution in [0, 0.1) is 0 Å². The maximum atomic E-state index is 11.9. The maximum absolute atomic E-state index is 11.9. The fraction of sp³-hybridized carbons (Fsp3) is 0.889. The smallest absolute Gasteiger partial charge is 0.326 e. The highest BCUT2D eigenvalue weighted by molar-refractivity contribution is 5.83. The molecule has 0 aliphatic carbocycles. The van der Waals surface area contributed by atoms with Crippen LogP contribution in [-0.4, -0.2) is 34.1 Å². The van der Waals surface area contributed by atoms with Crippen molar-refractivity contribution in [2.45, 2.75) is 154 Å². The Morgan fingerprint density at radius 3 is 1.27 bits per heavy atom. The average Bonchev–Trinajstić information content (AvgIpc) is 2.77. The van der Waals surface area contributed by atoms with Crippen LogP contribution in [0.2, 0.25) is 0 Å². The highest BCUT2D eigenvalue weighted by Gasteiger charge is 2.20. The van der Waals surface area contributed by atoms with Gasteiger partial charge in [0.15, 0.2) is 0 Å². The second-order valence-corrected chi connectivity index (χ2v) is 9.50. The van der Waals surface area contributed by atoms with E-state index in [1.807, 2.05) is 0 Å². The summed E-state index contributed by atoms with van der Waals surface area (Å²) in [6.07, 6.45) is 24.6.